The molecule has 32 heavy (non-hydrogen) atoms. The second-order valence-electron chi connectivity index (χ2n) is 6.29. The molecule has 180 valence electrons. The zero-order valence-electron chi connectivity index (χ0n) is 15.2. The van der Waals surface area contributed by atoms with E-state index in [1.165, 1.54) is 12.3 Å². The summed E-state index contributed by atoms with van der Waals surface area (Å²) in [6, 6.07) is 1.26. The summed E-state index contributed by atoms with van der Waals surface area (Å²) in [5.41, 5.74) is -0.636. The molecule has 6 atom stereocenters. The number of nitrogens with zero attached hydrogens (tertiary/aromatic N) is 2. The summed E-state index contributed by atoms with van der Waals surface area (Å²) in [5, 5.41) is 20.2. The van der Waals surface area contributed by atoms with Gasteiger partial charge in [0, 0.05) is 6.20 Å². The van der Waals surface area contributed by atoms with E-state index in [2.05, 4.69) is 23.1 Å². The molecular weight excluding hydrogens is 510 g/mol. The van der Waals surface area contributed by atoms with E-state index in [-0.39, 0.29) is 11.0 Å². The summed E-state index contributed by atoms with van der Waals surface area (Å²) in [6.07, 6.45) is -3.93. The second kappa shape index (κ2) is 8.45. The molecule has 1 aliphatic heterocycles. The summed E-state index contributed by atoms with van der Waals surface area (Å²) in [5.74, 6) is -3.40. The lowest BCUT2D eigenvalue weighted by Crippen LogP contribution is -2.42. The highest BCUT2D eigenvalue weighted by molar-refractivity contribution is 7.66. The lowest BCUT2D eigenvalue weighted by Gasteiger charge is -2.24. The van der Waals surface area contributed by atoms with E-state index in [1.54, 1.807) is 0 Å². The smallest absolute Gasteiger partial charge is 0.385 e. The third-order valence-electron chi connectivity index (χ3n) is 4.00. The molecule has 2 aromatic heterocycles. The number of aromatic nitrogens is 3. The monoisotopic (exact) mass is 525 g/mol. The molecule has 0 amide bonds. The first-order valence-electron chi connectivity index (χ1n) is 8.09. The highest BCUT2D eigenvalue weighted by Gasteiger charge is 2.57. The molecule has 2 unspecified atom stereocenters. The number of aliphatic hydroxyl groups excluding tert-OH is 2. The van der Waals surface area contributed by atoms with Gasteiger partial charge in [-0.25, -0.2) is 23.1 Å². The maximum Gasteiger partial charge on any atom is 0.490 e. The zero-order valence-corrected chi connectivity index (χ0v) is 17.9. The summed E-state index contributed by atoms with van der Waals surface area (Å²) in [6.45, 7) is -1.67. The standard InChI is InChI=1S/C11H15FN3O14P3/c12-11(3-26-31(22,23)29-32(24,25)28-30(19,20)21)7(17)6(16)10(27-11)15-2-1-5-8(15)13-4-14-9(5)18/h1-2,4,6-7,10,16-17H,3H2,(H,22,23)(H,24,25)(H,13,14,18)(H2,19,20,21)/t6-,7+,10-,11-/m1/s1. The zero-order chi connectivity index (χ0) is 24.1. The first-order valence-corrected chi connectivity index (χ1v) is 12.6. The Morgan fingerprint density at radius 1 is 1.19 bits per heavy atom. The van der Waals surface area contributed by atoms with Gasteiger partial charge in [0.05, 0.1) is 11.7 Å². The van der Waals surface area contributed by atoms with Crippen LogP contribution in [0.15, 0.2) is 23.4 Å². The van der Waals surface area contributed by atoms with Crippen LogP contribution in [-0.4, -0.2) is 69.0 Å². The summed E-state index contributed by atoms with van der Waals surface area (Å²) in [4.78, 5) is 53.3. The molecule has 0 aromatic carbocycles. The second-order valence-corrected chi connectivity index (χ2v) is 10.7. The number of alkyl halides is 1. The third-order valence-corrected chi connectivity index (χ3v) is 7.79. The number of hydrogen-bond donors (Lipinski definition) is 7. The molecule has 0 radical (unpaired) electrons. The maximum absolute atomic E-state index is 15.1. The number of phosphoric ester groups is 1. The van der Waals surface area contributed by atoms with Crippen molar-refractivity contribution in [3.63, 3.8) is 0 Å². The van der Waals surface area contributed by atoms with Gasteiger partial charge >= 0.3 is 23.5 Å². The molecule has 17 nitrogen and oxygen atoms in total. The first-order chi connectivity index (χ1) is 14.5. The average molecular weight is 525 g/mol. The van der Waals surface area contributed by atoms with Gasteiger partial charge in [-0.15, -0.1) is 0 Å². The Bertz CT molecular complexity index is 1210. The highest BCUT2D eigenvalue weighted by Crippen LogP contribution is 2.66. The largest absolute Gasteiger partial charge is 0.490 e. The molecule has 7 N–H and O–H groups in total. The van der Waals surface area contributed by atoms with Gasteiger partial charge in [-0.3, -0.25) is 9.32 Å². The van der Waals surface area contributed by atoms with E-state index in [9.17, 15) is 33.6 Å². The number of aliphatic hydroxyl groups is 2. The molecule has 3 rings (SSSR count). The van der Waals surface area contributed by atoms with Crippen LogP contribution in [0.1, 0.15) is 6.23 Å². The molecule has 0 spiro atoms. The maximum atomic E-state index is 15.1. The Kier molecular flexibility index (Phi) is 6.67. The minimum Gasteiger partial charge on any atom is -0.385 e. The Labute approximate surface area is 175 Å². The molecule has 1 fully saturated rings. The molecule has 0 bridgehead atoms. The number of aromatic amines is 1. The van der Waals surface area contributed by atoms with Crippen LogP contribution in [0.4, 0.5) is 4.39 Å². The fourth-order valence-electron chi connectivity index (χ4n) is 2.75. The quantitative estimate of drug-likeness (QED) is 0.204. The van der Waals surface area contributed by atoms with E-state index in [4.69, 9.17) is 19.4 Å². The van der Waals surface area contributed by atoms with Crippen LogP contribution in [0.2, 0.25) is 0 Å². The number of ether oxygens (including phenoxy) is 1. The normalized spacial score (nSPS) is 30.3. The number of nitrogens with one attached hydrogen (secondary N) is 1. The Hall–Kier alpha value is -1.36. The van der Waals surface area contributed by atoms with Gasteiger partial charge < -0.3 is 44.1 Å². The van der Waals surface area contributed by atoms with Crippen molar-refractivity contribution in [1.29, 1.82) is 0 Å². The van der Waals surface area contributed by atoms with Gasteiger partial charge in [-0.2, -0.15) is 8.62 Å². The molecule has 2 aromatic rings. The van der Waals surface area contributed by atoms with Crippen molar-refractivity contribution < 1.29 is 65.8 Å². The van der Waals surface area contributed by atoms with E-state index in [0.29, 0.717) is 0 Å². The number of H-pyrrole nitrogens is 1. The minimum atomic E-state index is -5.85. The lowest BCUT2D eigenvalue weighted by molar-refractivity contribution is -0.203. The van der Waals surface area contributed by atoms with Crippen LogP contribution in [0, 0.1) is 0 Å². The van der Waals surface area contributed by atoms with Crippen LogP contribution >= 0.6 is 23.5 Å². The Balaban J connectivity index is 1.76. The third kappa shape index (κ3) is 5.40. The predicted molar refractivity (Wildman–Crippen MR) is 96.1 cm³/mol. The number of phosphoric acid groups is 3. The van der Waals surface area contributed by atoms with Gasteiger partial charge in [-0.05, 0) is 6.07 Å². The van der Waals surface area contributed by atoms with E-state index in [1.807, 2.05) is 0 Å². The summed E-state index contributed by atoms with van der Waals surface area (Å²) >= 11 is 0. The molecule has 0 saturated carbocycles. The SMILES string of the molecule is O=c1[nH]cnc2c1ccn2[C@@H]1O[C@](F)(COP(=O)(O)OP(=O)(O)OP(=O)(O)O)[C@@H](O)[C@H]1O. The van der Waals surface area contributed by atoms with Crippen molar-refractivity contribution in [2.75, 3.05) is 6.61 Å². The lowest BCUT2D eigenvalue weighted by atomic mass is 10.1. The van der Waals surface area contributed by atoms with Gasteiger partial charge in [0.25, 0.3) is 11.4 Å². The molecule has 1 aliphatic rings. The Morgan fingerprint density at radius 3 is 2.47 bits per heavy atom. The number of hydrogen-bond acceptors (Lipinski definition) is 11. The average Bonchev–Trinajstić information content (AvgIpc) is 3.14. The number of fused-ring (bicyclic) bond motifs is 1. The molecule has 1 saturated heterocycles. The van der Waals surface area contributed by atoms with E-state index >= 15 is 4.39 Å². The molecule has 3 heterocycles. The minimum absolute atomic E-state index is 0.0300. The highest BCUT2D eigenvalue weighted by atomic mass is 31.3. The van der Waals surface area contributed by atoms with Crippen LogP contribution in [0.25, 0.3) is 11.0 Å². The fourth-order valence-corrected chi connectivity index (χ4v) is 5.79. The molecule has 21 heteroatoms. The Morgan fingerprint density at radius 2 is 1.84 bits per heavy atom. The van der Waals surface area contributed by atoms with Gasteiger partial charge in [0.1, 0.15) is 24.5 Å². The molecule has 0 aliphatic carbocycles. The van der Waals surface area contributed by atoms with E-state index < -0.39 is 59.9 Å². The fraction of sp³-hybridized carbons (Fsp3) is 0.455. The predicted octanol–water partition coefficient (Wildman–Crippen LogP) is -1.02. The van der Waals surface area contributed by atoms with Crippen LogP contribution in [0.3, 0.4) is 0 Å². The van der Waals surface area contributed by atoms with Crippen LogP contribution in [-0.2, 0) is 31.6 Å². The summed E-state index contributed by atoms with van der Waals surface area (Å²) < 4.78 is 65.7. The van der Waals surface area contributed by atoms with Gasteiger partial charge in [0.15, 0.2) is 6.23 Å². The van der Waals surface area contributed by atoms with Crippen molar-refractivity contribution in [2.24, 2.45) is 0 Å². The van der Waals surface area contributed by atoms with Gasteiger partial charge in [0.2, 0.25) is 0 Å². The van der Waals surface area contributed by atoms with E-state index in [0.717, 1.165) is 10.9 Å². The van der Waals surface area contributed by atoms with Crippen LogP contribution < -0.4 is 5.56 Å². The van der Waals surface area contributed by atoms with Crippen molar-refractivity contribution >= 4 is 34.5 Å². The van der Waals surface area contributed by atoms with Crippen molar-refractivity contribution in [1.82, 2.24) is 14.5 Å². The van der Waals surface area contributed by atoms with Crippen molar-refractivity contribution in [3.05, 3.63) is 28.9 Å². The van der Waals surface area contributed by atoms with Crippen molar-refractivity contribution in [3.8, 4) is 0 Å². The number of rotatable bonds is 8. The van der Waals surface area contributed by atoms with Gasteiger partial charge in [-0.1, -0.05) is 0 Å². The first kappa shape index (κ1) is 25.3. The number of halogens is 1. The molecular formula is C11H15FN3O14P3. The summed E-state index contributed by atoms with van der Waals surface area (Å²) in [7, 11) is -17.2. The van der Waals surface area contributed by atoms with Crippen molar-refractivity contribution in [2.45, 2.75) is 24.3 Å². The topological polar surface area (TPSA) is 260 Å². The van der Waals surface area contributed by atoms with Crippen LogP contribution in [0.5, 0.6) is 0 Å².